The predicted molar refractivity (Wildman–Crippen MR) is 60.7 cm³/mol. The summed E-state index contributed by atoms with van der Waals surface area (Å²) in [6, 6.07) is 0. The zero-order valence-corrected chi connectivity index (χ0v) is 8.84. The van der Waals surface area contributed by atoms with E-state index in [1.807, 2.05) is 0 Å². The molecule has 0 spiro atoms. The first-order valence-corrected chi connectivity index (χ1v) is 5.30. The van der Waals surface area contributed by atoms with Gasteiger partial charge in [0.15, 0.2) is 0 Å². The normalized spacial score (nSPS) is 20.4. The molecule has 0 aromatic heterocycles. The third-order valence-electron chi connectivity index (χ3n) is 3.05. The van der Waals surface area contributed by atoms with E-state index in [1.54, 1.807) is 0 Å². The monoisotopic (exact) mass is 187 g/mol. The predicted octanol–water partition coefficient (Wildman–Crippen LogP) is 3.39. The van der Waals surface area contributed by atoms with Crippen LogP contribution in [0.15, 0.2) is 47.9 Å². The van der Waals surface area contributed by atoms with E-state index >= 15 is 0 Å². The quantitative estimate of drug-likeness (QED) is 0.640. The van der Waals surface area contributed by atoms with Crippen LogP contribution in [0.4, 0.5) is 0 Å². The SMILES string of the molecule is C=C(CC)C1=CC=C2CCCN2C1=C. The van der Waals surface area contributed by atoms with E-state index in [1.165, 1.54) is 29.7 Å². The molecule has 74 valence electrons. The highest BCUT2D eigenvalue weighted by molar-refractivity contribution is 5.50. The average Bonchev–Trinajstić information content (AvgIpc) is 2.66. The molecule has 1 saturated heterocycles. The van der Waals surface area contributed by atoms with E-state index < -0.39 is 0 Å². The Hall–Kier alpha value is -1.24. The zero-order chi connectivity index (χ0) is 10.1. The first kappa shape index (κ1) is 9.32. The van der Waals surface area contributed by atoms with Crippen LogP contribution in [0, 0.1) is 0 Å². The van der Waals surface area contributed by atoms with Gasteiger partial charge in [-0.25, -0.2) is 0 Å². The van der Waals surface area contributed by atoms with Gasteiger partial charge in [-0.15, -0.1) is 0 Å². The van der Waals surface area contributed by atoms with Gasteiger partial charge in [0.05, 0.1) is 0 Å². The van der Waals surface area contributed by atoms with Gasteiger partial charge in [-0.1, -0.05) is 26.2 Å². The molecule has 0 saturated carbocycles. The number of hydrogen-bond acceptors (Lipinski definition) is 1. The van der Waals surface area contributed by atoms with Crippen molar-refractivity contribution in [2.45, 2.75) is 26.2 Å². The van der Waals surface area contributed by atoms with Crippen molar-refractivity contribution in [3.8, 4) is 0 Å². The molecule has 2 heterocycles. The largest absolute Gasteiger partial charge is 0.345 e. The second kappa shape index (κ2) is 3.49. The Bertz CT molecular complexity index is 344. The molecule has 2 aliphatic heterocycles. The molecule has 0 atom stereocenters. The molecule has 0 aliphatic carbocycles. The summed E-state index contributed by atoms with van der Waals surface area (Å²) in [6.07, 6.45) is 7.84. The number of fused-ring (bicyclic) bond motifs is 1. The lowest BCUT2D eigenvalue weighted by Crippen LogP contribution is -2.20. The van der Waals surface area contributed by atoms with E-state index in [0.29, 0.717) is 0 Å². The Balaban J connectivity index is 2.30. The van der Waals surface area contributed by atoms with E-state index in [2.05, 4.69) is 37.1 Å². The zero-order valence-electron chi connectivity index (χ0n) is 8.84. The van der Waals surface area contributed by atoms with Crippen LogP contribution in [0.5, 0.6) is 0 Å². The van der Waals surface area contributed by atoms with Crippen LogP contribution in [-0.2, 0) is 0 Å². The van der Waals surface area contributed by atoms with Crippen molar-refractivity contribution in [2.24, 2.45) is 0 Å². The lowest BCUT2D eigenvalue weighted by molar-refractivity contribution is 0.495. The average molecular weight is 187 g/mol. The number of nitrogens with zero attached hydrogens (tertiary/aromatic N) is 1. The summed E-state index contributed by atoms with van der Waals surface area (Å²) in [5.74, 6) is 0. The van der Waals surface area contributed by atoms with E-state index in [4.69, 9.17) is 0 Å². The Morgan fingerprint density at radius 3 is 3.00 bits per heavy atom. The summed E-state index contributed by atoms with van der Waals surface area (Å²) in [5, 5.41) is 0. The Morgan fingerprint density at radius 2 is 2.29 bits per heavy atom. The minimum atomic E-state index is 1.00. The van der Waals surface area contributed by atoms with Gasteiger partial charge in [0.1, 0.15) is 0 Å². The van der Waals surface area contributed by atoms with E-state index in [9.17, 15) is 0 Å². The number of rotatable bonds is 2. The van der Waals surface area contributed by atoms with Crippen LogP contribution >= 0.6 is 0 Å². The minimum Gasteiger partial charge on any atom is -0.345 e. The molecular formula is C13H17N. The molecule has 1 fully saturated rings. The van der Waals surface area contributed by atoms with Crippen LogP contribution in [0.3, 0.4) is 0 Å². The third kappa shape index (κ3) is 1.33. The van der Waals surface area contributed by atoms with Crippen molar-refractivity contribution in [1.82, 2.24) is 4.90 Å². The second-order valence-electron chi connectivity index (χ2n) is 3.90. The smallest absolute Gasteiger partial charge is 0.0411 e. The summed E-state index contributed by atoms with van der Waals surface area (Å²) in [4.78, 5) is 2.33. The van der Waals surface area contributed by atoms with Crippen LogP contribution in [0.2, 0.25) is 0 Å². The first-order valence-electron chi connectivity index (χ1n) is 5.30. The number of allylic oxidation sites excluding steroid dienone is 4. The van der Waals surface area contributed by atoms with E-state index in [0.717, 1.165) is 18.7 Å². The topological polar surface area (TPSA) is 3.24 Å². The van der Waals surface area contributed by atoms with Crippen molar-refractivity contribution < 1.29 is 0 Å². The maximum Gasteiger partial charge on any atom is 0.0411 e. The summed E-state index contributed by atoms with van der Waals surface area (Å²) in [7, 11) is 0. The van der Waals surface area contributed by atoms with Crippen LogP contribution < -0.4 is 0 Å². The van der Waals surface area contributed by atoms with Crippen LogP contribution in [0.25, 0.3) is 0 Å². The van der Waals surface area contributed by atoms with Gasteiger partial charge in [0.25, 0.3) is 0 Å². The first-order chi connectivity index (χ1) is 6.74. The van der Waals surface area contributed by atoms with Crippen LogP contribution in [0.1, 0.15) is 26.2 Å². The summed E-state index contributed by atoms with van der Waals surface area (Å²) >= 11 is 0. The van der Waals surface area contributed by atoms with Gasteiger partial charge in [0, 0.05) is 23.5 Å². The summed E-state index contributed by atoms with van der Waals surface area (Å²) < 4.78 is 0. The second-order valence-corrected chi connectivity index (χ2v) is 3.90. The maximum atomic E-state index is 4.16. The molecule has 0 amide bonds. The molecule has 1 heteroatoms. The standard InChI is InChI=1S/C13H17N/c1-4-10(2)13-8-7-12-6-5-9-14(12)11(13)3/h7-8H,2-6,9H2,1H3. The molecule has 2 rings (SSSR count). The molecule has 0 bridgehead atoms. The van der Waals surface area contributed by atoms with Gasteiger partial charge in [-0.05, 0) is 30.9 Å². The van der Waals surface area contributed by atoms with Gasteiger partial charge >= 0.3 is 0 Å². The van der Waals surface area contributed by atoms with Crippen molar-refractivity contribution >= 4 is 0 Å². The number of hydrogen-bond donors (Lipinski definition) is 0. The van der Waals surface area contributed by atoms with Crippen molar-refractivity contribution in [1.29, 1.82) is 0 Å². The fraction of sp³-hybridized carbons (Fsp3) is 0.385. The minimum absolute atomic E-state index is 1.00. The maximum absolute atomic E-state index is 4.16. The molecule has 0 unspecified atom stereocenters. The molecule has 14 heavy (non-hydrogen) atoms. The van der Waals surface area contributed by atoms with Crippen molar-refractivity contribution in [2.75, 3.05) is 6.54 Å². The van der Waals surface area contributed by atoms with E-state index in [-0.39, 0.29) is 0 Å². The summed E-state index contributed by atoms with van der Waals surface area (Å²) in [5.41, 5.74) is 4.99. The van der Waals surface area contributed by atoms with Gasteiger partial charge < -0.3 is 4.90 Å². The highest BCUT2D eigenvalue weighted by Gasteiger charge is 2.24. The van der Waals surface area contributed by atoms with Crippen molar-refractivity contribution in [3.05, 3.63) is 47.9 Å². The molecule has 1 nitrogen and oxygen atoms in total. The molecular weight excluding hydrogens is 170 g/mol. The van der Waals surface area contributed by atoms with Crippen molar-refractivity contribution in [3.63, 3.8) is 0 Å². The fourth-order valence-corrected chi connectivity index (χ4v) is 2.11. The Kier molecular flexibility index (Phi) is 2.32. The molecule has 0 aromatic carbocycles. The van der Waals surface area contributed by atoms with Gasteiger partial charge in [-0.2, -0.15) is 0 Å². The molecule has 0 N–H and O–H groups in total. The summed E-state index contributed by atoms with van der Waals surface area (Å²) in [6.45, 7) is 11.5. The Labute approximate surface area is 86.1 Å². The molecule has 2 aliphatic rings. The lowest BCUT2D eigenvalue weighted by atomic mass is 9.99. The Morgan fingerprint density at radius 1 is 1.50 bits per heavy atom. The highest BCUT2D eigenvalue weighted by atomic mass is 15.2. The third-order valence-corrected chi connectivity index (χ3v) is 3.05. The van der Waals surface area contributed by atoms with Crippen LogP contribution in [-0.4, -0.2) is 11.4 Å². The van der Waals surface area contributed by atoms with Gasteiger partial charge in [0.2, 0.25) is 0 Å². The molecule has 0 radical (unpaired) electrons. The highest BCUT2D eigenvalue weighted by Crippen LogP contribution is 2.34. The fourth-order valence-electron chi connectivity index (χ4n) is 2.11. The lowest BCUT2D eigenvalue weighted by Gasteiger charge is -2.28. The molecule has 0 aromatic rings. The van der Waals surface area contributed by atoms with Gasteiger partial charge in [-0.3, -0.25) is 0 Å².